The molecule has 3 N–H and O–H groups in total. The van der Waals surface area contributed by atoms with Crippen LogP contribution in [0.3, 0.4) is 0 Å². The molecule has 0 unspecified atom stereocenters. The molecule has 0 bridgehead atoms. The van der Waals surface area contributed by atoms with Crippen molar-refractivity contribution in [1.29, 1.82) is 0 Å². The van der Waals surface area contributed by atoms with E-state index in [0.29, 0.717) is 18.1 Å². The SMILES string of the molecule is CCCCNC(=O)NS(=O)(=O)c1ccc(Nc2ncnc3sc(C)c(C)c23)cc1. The highest BCUT2D eigenvalue weighted by atomic mass is 32.2. The topological polar surface area (TPSA) is 113 Å². The first-order chi connectivity index (χ1) is 13.8. The second-order valence-electron chi connectivity index (χ2n) is 6.55. The molecule has 0 saturated heterocycles. The largest absolute Gasteiger partial charge is 0.340 e. The highest BCUT2D eigenvalue weighted by molar-refractivity contribution is 7.90. The summed E-state index contributed by atoms with van der Waals surface area (Å²) < 4.78 is 26.7. The van der Waals surface area contributed by atoms with Crippen LogP contribution >= 0.6 is 11.3 Å². The molecule has 0 fully saturated rings. The summed E-state index contributed by atoms with van der Waals surface area (Å²) in [4.78, 5) is 22.5. The fourth-order valence-electron chi connectivity index (χ4n) is 2.73. The van der Waals surface area contributed by atoms with Crippen molar-refractivity contribution in [3.05, 3.63) is 41.0 Å². The van der Waals surface area contributed by atoms with Crippen LogP contribution in [0.25, 0.3) is 10.2 Å². The van der Waals surface area contributed by atoms with Crippen molar-refractivity contribution in [2.45, 2.75) is 38.5 Å². The summed E-state index contributed by atoms with van der Waals surface area (Å²) in [5, 5.41) is 6.69. The van der Waals surface area contributed by atoms with Gasteiger partial charge in [0.2, 0.25) is 0 Å². The first-order valence-electron chi connectivity index (χ1n) is 9.20. The van der Waals surface area contributed by atoms with Gasteiger partial charge in [-0.3, -0.25) is 0 Å². The minimum absolute atomic E-state index is 0.00378. The van der Waals surface area contributed by atoms with Crippen LogP contribution in [0, 0.1) is 13.8 Å². The quantitative estimate of drug-likeness (QED) is 0.488. The Kier molecular flexibility index (Phi) is 6.33. The second-order valence-corrected chi connectivity index (χ2v) is 9.44. The molecule has 0 atom stereocenters. The molecule has 3 aromatic rings. The number of unbranched alkanes of at least 4 members (excludes halogenated alkanes) is 1. The number of carbonyl (C=O) groups is 1. The molecule has 0 spiro atoms. The first-order valence-corrected chi connectivity index (χ1v) is 11.5. The molecule has 3 rings (SSSR count). The number of sulfonamides is 1. The molecule has 2 heterocycles. The number of hydrogen-bond donors (Lipinski definition) is 3. The fraction of sp³-hybridized carbons (Fsp3) is 0.316. The van der Waals surface area contributed by atoms with Crippen LogP contribution in [0.4, 0.5) is 16.3 Å². The molecule has 8 nitrogen and oxygen atoms in total. The molecule has 10 heteroatoms. The van der Waals surface area contributed by atoms with Crippen LogP contribution in [0.15, 0.2) is 35.5 Å². The predicted octanol–water partition coefficient (Wildman–Crippen LogP) is 3.84. The minimum atomic E-state index is -3.94. The molecule has 0 radical (unpaired) electrons. The Bertz CT molecular complexity index is 1120. The maximum atomic E-state index is 12.4. The first kappa shape index (κ1) is 21.0. The van der Waals surface area contributed by atoms with E-state index in [1.165, 1.54) is 23.3 Å². The van der Waals surface area contributed by atoms with E-state index in [9.17, 15) is 13.2 Å². The number of aryl methyl sites for hydroxylation is 2. The number of urea groups is 1. The molecule has 2 amide bonds. The van der Waals surface area contributed by atoms with Crippen molar-refractivity contribution in [1.82, 2.24) is 20.0 Å². The van der Waals surface area contributed by atoms with Gasteiger partial charge in [-0.15, -0.1) is 11.3 Å². The van der Waals surface area contributed by atoms with E-state index >= 15 is 0 Å². The van der Waals surface area contributed by atoms with Gasteiger partial charge in [-0.1, -0.05) is 13.3 Å². The Morgan fingerprint density at radius 2 is 1.86 bits per heavy atom. The smallest absolute Gasteiger partial charge is 0.328 e. The number of nitrogens with zero attached hydrogens (tertiary/aromatic N) is 2. The Labute approximate surface area is 173 Å². The molecule has 0 aliphatic carbocycles. The van der Waals surface area contributed by atoms with Crippen molar-refractivity contribution in [3.63, 3.8) is 0 Å². The number of nitrogens with one attached hydrogen (secondary N) is 3. The molecule has 0 aliphatic heterocycles. The number of rotatable bonds is 7. The Morgan fingerprint density at radius 1 is 1.14 bits per heavy atom. The van der Waals surface area contributed by atoms with E-state index in [1.807, 2.05) is 25.5 Å². The molecule has 2 aromatic heterocycles. The van der Waals surface area contributed by atoms with Crippen LogP contribution in [-0.4, -0.2) is 31.0 Å². The second kappa shape index (κ2) is 8.75. The van der Waals surface area contributed by atoms with Crippen LogP contribution in [0.2, 0.25) is 0 Å². The van der Waals surface area contributed by atoms with Crippen LogP contribution < -0.4 is 15.4 Å². The van der Waals surface area contributed by atoms with Gasteiger partial charge < -0.3 is 10.6 Å². The van der Waals surface area contributed by atoms with Crippen LogP contribution in [0.1, 0.15) is 30.2 Å². The Hall–Kier alpha value is -2.72. The van der Waals surface area contributed by atoms with Crippen molar-refractivity contribution < 1.29 is 13.2 Å². The normalized spacial score (nSPS) is 11.4. The van der Waals surface area contributed by atoms with Gasteiger partial charge in [-0.25, -0.2) is 27.9 Å². The summed E-state index contributed by atoms with van der Waals surface area (Å²) in [6, 6.07) is 5.41. The number of anilines is 2. The summed E-state index contributed by atoms with van der Waals surface area (Å²) in [7, 11) is -3.94. The van der Waals surface area contributed by atoms with Gasteiger partial charge in [0.1, 0.15) is 17.0 Å². The summed E-state index contributed by atoms with van der Waals surface area (Å²) >= 11 is 1.61. The molecule has 29 heavy (non-hydrogen) atoms. The zero-order valence-electron chi connectivity index (χ0n) is 16.4. The Morgan fingerprint density at radius 3 is 2.55 bits per heavy atom. The number of thiophene rings is 1. The van der Waals surface area contributed by atoms with Crippen molar-refractivity contribution in [3.8, 4) is 0 Å². The van der Waals surface area contributed by atoms with Gasteiger partial charge in [0, 0.05) is 17.1 Å². The lowest BCUT2D eigenvalue weighted by atomic mass is 10.2. The average Bonchev–Trinajstić information content (AvgIpc) is 2.97. The third-order valence-corrected chi connectivity index (χ3v) is 6.90. The molecule has 1 aromatic carbocycles. The van der Waals surface area contributed by atoms with Gasteiger partial charge in [0.25, 0.3) is 10.0 Å². The van der Waals surface area contributed by atoms with Gasteiger partial charge in [0.15, 0.2) is 0 Å². The lowest BCUT2D eigenvalue weighted by molar-refractivity contribution is 0.245. The molecule has 0 saturated carbocycles. The maximum Gasteiger partial charge on any atom is 0.328 e. The van der Waals surface area contributed by atoms with E-state index in [1.54, 1.807) is 23.5 Å². The van der Waals surface area contributed by atoms with Crippen LogP contribution in [0.5, 0.6) is 0 Å². The standard InChI is InChI=1S/C19H23N5O3S2/c1-4-5-10-20-19(25)24-29(26,27)15-8-6-14(7-9-15)23-17-16-12(2)13(3)28-18(16)22-11-21-17/h6-9,11H,4-5,10H2,1-3H3,(H2,20,24,25)(H,21,22,23). The van der Waals surface area contributed by atoms with Gasteiger partial charge in [0.05, 0.1) is 10.3 Å². The van der Waals surface area contributed by atoms with E-state index < -0.39 is 16.1 Å². The molecular formula is C19H23N5O3S2. The molecule has 154 valence electrons. The predicted molar refractivity (Wildman–Crippen MR) is 115 cm³/mol. The number of aromatic nitrogens is 2. The Balaban J connectivity index is 1.75. The number of fused-ring (bicyclic) bond motifs is 1. The third-order valence-electron chi connectivity index (χ3n) is 4.44. The number of hydrogen-bond acceptors (Lipinski definition) is 7. The highest BCUT2D eigenvalue weighted by Crippen LogP contribution is 2.33. The van der Waals surface area contributed by atoms with Crippen molar-refractivity contribution >= 4 is 49.1 Å². The van der Waals surface area contributed by atoms with Crippen molar-refractivity contribution in [2.75, 3.05) is 11.9 Å². The number of amides is 2. The lowest BCUT2D eigenvalue weighted by Crippen LogP contribution is -2.39. The highest BCUT2D eigenvalue weighted by Gasteiger charge is 2.17. The minimum Gasteiger partial charge on any atom is -0.340 e. The molecular weight excluding hydrogens is 410 g/mol. The third kappa shape index (κ3) is 4.83. The van der Waals surface area contributed by atoms with Gasteiger partial charge >= 0.3 is 6.03 Å². The monoisotopic (exact) mass is 433 g/mol. The summed E-state index contributed by atoms with van der Waals surface area (Å²) in [6.45, 7) is 6.47. The summed E-state index contributed by atoms with van der Waals surface area (Å²) in [6.07, 6.45) is 3.19. The van der Waals surface area contributed by atoms with Gasteiger partial charge in [-0.2, -0.15) is 0 Å². The number of benzene rings is 1. The average molecular weight is 434 g/mol. The zero-order valence-corrected chi connectivity index (χ0v) is 18.1. The van der Waals surface area contributed by atoms with E-state index in [4.69, 9.17) is 0 Å². The van der Waals surface area contributed by atoms with E-state index in [0.717, 1.165) is 28.6 Å². The molecule has 0 aliphatic rings. The lowest BCUT2D eigenvalue weighted by Gasteiger charge is -2.10. The summed E-state index contributed by atoms with van der Waals surface area (Å²) in [5.41, 5.74) is 1.80. The maximum absolute atomic E-state index is 12.4. The zero-order chi connectivity index (χ0) is 21.0. The van der Waals surface area contributed by atoms with Gasteiger partial charge in [-0.05, 0) is 50.1 Å². The van der Waals surface area contributed by atoms with Crippen LogP contribution in [-0.2, 0) is 10.0 Å². The fourth-order valence-corrected chi connectivity index (χ4v) is 4.65. The summed E-state index contributed by atoms with van der Waals surface area (Å²) in [5.74, 6) is 0.667. The number of carbonyl (C=O) groups excluding carboxylic acids is 1. The van der Waals surface area contributed by atoms with Crippen molar-refractivity contribution in [2.24, 2.45) is 0 Å². The van der Waals surface area contributed by atoms with E-state index in [2.05, 4.69) is 20.6 Å². The van der Waals surface area contributed by atoms with E-state index in [-0.39, 0.29) is 4.90 Å².